The van der Waals surface area contributed by atoms with E-state index in [1.54, 1.807) is 12.3 Å². The number of fused-ring (bicyclic) bond motifs is 1. The Morgan fingerprint density at radius 1 is 1.05 bits per heavy atom. The molecule has 0 atom stereocenters. The van der Waals surface area contributed by atoms with Crippen LogP contribution in [0.1, 0.15) is 10.5 Å². The molecule has 0 bridgehead atoms. The van der Waals surface area contributed by atoms with E-state index in [0.29, 0.717) is 11.5 Å². The Labute approximate surface area is 114 Å². The first-order valence-corrected chi connectivity index (χ1v) is 5.94. The van der Waals surface area contributed by atoms with Crippen molar-refractivity contribution in [3.8, 4) is 11.5 Å². The summed E-state index contributed by atoms with van der Waals surface area (Å²) < 4.78 is 5.61. The Hall–Kier alpha value is -2.95. The molecule has 20 heavy (non-hydrogen) atoms. The number of pyridine rings is 2. The van der Waals surface area contributed by atoms with Crippen molar-refractivity contribution in [1.82, 2.24) is 9.97 Å². The number of aromatic carboxylic acids is 1. The maximum Gasteiger partial charge on any atom is 0.354 e. The van der Waals surface area contributed by atoms with Crippen molar-refractivity contribution in [2.75, 3.05) is 0 Å². The molecule has 0 saturated carbocycles. The molecule has 0 saturated heterocycles. The number of carbonyl (C=O) groups is 1. The molecule has 98 valence electrons. The number of rotatable bonds is 3. The van der Waals surface area contributed by atoms with Gasteiger partial charge in [-0.1, -0.05) is 18.2 Å². The van der Waals surface area contributed by atoms with Crippen LogP contribution in [0.3, 0.4) is 0 Å². The smallest absolute Gasteiger partial charge is 0.354 e. The third-order valence-corrected chi connectivity index (χ3v) is 2.75. The largest absolute Gasteiger partial charge is 0.477 e. The Morgan fingerprint density at radius 3 is 2.75 bits per heavy atom. The Kier molecular flexibility index (Phi) is 3.01. The zero-order chi connectivity index (χ0) is 13.9. The SMILES string of the molecule is O=C(O)c1cc(Oc2cnc3ccccc3c2)ccn1. The van der Waals surface area contributed by atoms with E-state index < -0.39 is 5.97 Å². The van der Waals surface area contributed by atoms with E-state index in [1.807, 2.05) is 30.3 Å². The lowest BCUT2D eigenvalue weighted by molar-refractivity contribution is 0.0690. The molecule has 0 spiro atoms. The summed E-state index contributed by atoms with van der Waals surface area (Å²) in [4.78, 5) is 18.9. The van der Waals surface area contributed by atoms with E-state index in [-0.39, 0.29) is 5.69 Å². The fourth-order valence-electron chi connectivity index (χ4n) is 1.83. The fraction of sp³-hybridized carbons (Fsp3) is 0. The van der Waals surface area contributed by atoms with Gasteiger partial charge in [-0.05, 0) is 18.2 Å². The minimum Gasteiger partial charge on any atom is -0.477 e. The van der Waals surface area contributed by atoms with Crippen LogP contribution in [0.25, 0.3) is 10.9 Å². The van der Waals surface area contributed by atoms with Gasteiger partial charge in [-0.25, -0.2) is 9.78 Å². The summed E-state index contributed by atoms with van der Waals surface area (Å²) in [5, 5.41) is 9.84. The van der Waals surface area contributed by atoms with Crippen molar-refractivity contribution in [2.24, 2.45) is 0 Å². The topological polar surface area (TPSA) is 72.3 Å². The maximum absolute atomic E-state index is 10.9. The van der Waals surface area contributed by atoms with Gasteiger partial charge in [0, 0.05) is 17.6 Å². The molecule has 5 heteroatoms. The molecule has 0 aliphatic heterocycles. The number of benzene rings is 1. The lowest BCUT2D eigenvalue weighted by Crippen LogP contribution is -1.99. The number of carboxylic acid groups (broad SMARTS) is 1. The van der Waals surface area contributed by atoms with Crippen LogP contribution in [0.4, 0.5) is 0 Å². The Balaban J connectivity index is 1.92. The number of aromatic nitrogens is 2. The van der Waals surface area contributed by atoms with Crippen LogP contribution in [-0.4, -0.2) is 21.0 Å². The Bertz CT molecular complexity index is 787. The first kappa shape index (κ1) is 12.1. The molecule has 0 aliphatic carbocycles. The monoisotopic (exact) mass is 266 g/mol. The fourth-order valence-corrected chi connectivity index (χ4v) is 1.83. The number of para-hydroxylation sites is 1. The summed E-state index contributed by atoms with van der Waals surface area (Å²) in [6.45, 7) is 0. The zero-order valence-corrected chi connectivity index (χ0v) is 10.4. The normalized spacial score (nSPS) is 10.4. The van der Waals surface area contributed by atoms with Crippen LogP contribution in [0.2, 0.25) is 0 Å². The molecule has 0 amide bonds. The van der Waals surface area contributed by atoms with Gasteiger partial charge in [0.25, 0.3) is 0 Å². The van der Waals surface area contributed by atoms with Gasteiger partial charge in [0.1, 0.15) is 11.5 Å². The molecule has 3 aromatic rings. The van der Waals surface area contributed by atoms with Crippen LogP contribution >= 0.6 is 0 Å². The average molecular weight is 266 g/mol. The summed E-state index contributed by atoms with van der Waals surface area (Å²) in [6, 6.07) is 12.5. The van der Waals surface area contributed by atoms with Crippen molar-refractivity contribution < 1.29 is 14.6 Å². The lowest BCUT2D eigenvalue weighted by Gasteiger charge is -2.06. The standard InChI is InChI=1S/C15H10N2O3/c18-15(19)14-8-11(5-6-16-14)20-12-7-10-3-1-2-4-13(10)17-9-12/h1-9H,(H,18,19). The predicted octanol–water partition coefficient (Wildman–Crippen LogP) is 3.12. The average Bonchev–Trinajstić information content (AvgIpc) is 2.47. The van der Waals surface area contributed by atoms with E-state index >= 15 is 0 Å². The zero-order valence-electron chi connectivity index (χ0n) is 10.4. The quantitative estimate of drug-likeness (QED) is 0.788. The van der Waals surface area contributed by atoms with Crippen molar-refractivity contribution in [3.63, 3.8) is 0 Å². The van der Waals surface area contributed by atoms with Crippen LogP contribution < -0.4 is 4.74 Å². The summed E-state index contributed by atoms with van der Waals surface area (Å²) in [7, 11) is 0. The summed E-state index contributed by atoms with van der Waals surface area (Å²) in [5.41, 5.74) is 0.817. The summed E-state index contributed by atoms with van der Waals surface area (Å²) in [5.74, 6) is -0.132. The molecule has 3 rings (SSSR count). The van der Waals surface area contributed by atoms with Gasteiger partial charge in [-0.15, -0.1) is 0 Å². The third kappa shape index (κ3) is 2.42. The van der Waals surface area contributed by atoms with Gasteiger partial charge >= 0.3 is 5.97 Å². The Morgan fingerprint density at radius 2 is 1.90 bits per heavy atom. The summed E-state index contributed by atoms with van der Waals surface area (Å²) in [6.07, 6.45) is 3.00. The minimum atomic E-state index is -1.09. The van der Waals surface area contributed by atoms with E-state index in [2.05, 4.69) is 9.97 Å². The molecule has 0 unspecified atom stereocenters. The highest BCUT2D eigenvalue weighted by atomic mass is 16.5. The van der Waals surface area contributed by atoms with E-state index in [9.17, 15) is 4.79 Å². The van der Waals surface area contributed by atoms with Crippen molar-refractivity contribution in [1.29, 1.82) is 0 Å². The second kappa shape index (κ2) is 4.97. The summed E-state index contributed by atoms with van der Waals surface area (Å²) >= 11 is 0. The first-order chi connectivity index (χ1) is 9.72. The van der Waals surface area contributed by atoms with Gasteiger partial charge in [0.15, 0.2) is 5.69 Å². The van der Waals surface area contributed by atoms with Gasteiger partial charge in [-0.2, -0.15) is 0 Å². The predicted molar refractivity (Wildman–Crippen MR) is 73.0 cm³/mol. The highest BCUT2D eigenvalue weighted by molar-refractivity contribution is 5.85. The second-order valence-corrected chi connectivity index (χ2v) is 4.15. The molecule has 1 aromatic carbocycles. The minimum absolute atomic E-state index is 0.0590. The van der Waals surface area contributed by atoms with Crippen LogP contribution in [0.5, 0.6) is 11.5 Å². The maximum atomic E-state index is 10.9. The number of ether oxygens (including phenoxy) is 1. The molecular weight excluding hydrogens is 256 g/mol. The number of nitrogens with zero attached hydrogens (tertiary/aromatic N) is 2. The molecule has 0 fully saturated rings. The van der Waals surface area contributed by atoms with E-state index in [1.165, 1.54) is 12.3 Å². The van der Waals surface area contributed by atoms with Gasteiger partial charge in [0.05, 0.1) is 11.7 Å². The third-order valence-electron chi connectivity index (χ3n) is 2.75. The number of hydrogen-bond acceptors (Lipinski definition) is 4. The van der Waals surface area contributed by atoms with Crippen LogP contribution in [0.15, 0.2) is 54.9 Å². The second-order valence-electron chi connectivity index (χ2n) is 4.15. The van der Waals surface area contributed by atoms with Crippen molar-refractivity contribution in [2.45, 2.75) is 0 Å². The molecule has 2 aromatic heterocycles. The number of hydrogen-bond donors (Lipinski definition) is 1. The lowest BCUT2D eigenvalue weighted by atomic mass is 10.2. The van der Waals surface area contributed by atoms with Crippen molar-refractivity contribution >= 4 is 16.9 Å². The molecule has 0 radical (unpaired) electrons. The molecular formula is C15H10N2O3. The van der Waals surface area contributed by atoms with Crippen molar-refractivity contribution in [3.05, 3.63) is 60.6 Å². The molecule has 5 nitrogen and oxygen atoms in total. The number of carboxylic acids is 1. The van der Waals surface area contributed by atoms with Crippen LogP contribution in [-0.2, 0) is 0 Å². The molecule has 2 heterocycles. The first-order valence-electron chi connectivity index (χ1n) is 5.94. The molecule has 1 N–H and O–H groups in total. The van der Waals surface area contributed by atoms with E-state index in [0.717, 1.165) is 10.9 Å². The van der Waals surface area contributed by atoms with E-state index in [4.69, 9.17) is 9.84 Å². The highest BCUT2D eigenvalue weighted by Gasteiger charge is 2.06. The van der Waals surface area contributed by atoms with Gasteiger partial charge < -0.3 is 9.84 Å². The van der Waals surface area contributed by atoms with Gasteiger partial charge in [0.2, 0.25) is 0 Å². The molecule has 0 aliphatic rings. The highest BCUT2D eigenvalue weighted by Crippen LogP contribution is 2.24. The van der Waals surface area contributed by atoms with Crippen LogP contribution in [0, 0.1) is 0 Å². The van der Waals surface area contributed by atoms with Gasteiger partial charge in [-0.3, -0.25) is 4.98 Å².